The molecule has 0 spiro atoms. The molecule has 0 rings (SSSR count). The molecule has 16 heavy (non-hydrogen) atoms. The molecule has 0 atom stereocenters. The van der Waals surface area contributed by atoms with Gasteiger partial charge in [-0.3, -0.25) is 9.59 Å². The lowest BCUT2D eigenvalue weighted by Crippen LogP contribution is -2.01. The summed E-state index contributed by atoms with van der Waals surface area (Å²) in [6, 6.07) is 0. The van der Waals surface area contributed by atoms with Crippen molar-refractivity contribution in [2.45, 2.75) is 52.4 Å². The minimum absolute atomic E-state index is 0.222. The van der Waals surface area contributed by atoms with E-state index < -0.39 is 0 Å². The Morgan fingerprint density at radius 1 is 0.812 bits per heavy atom. The van der Waals surface area contributed by atoms with Crippen molar-refractivity contribution in [3.63, 3.8) is 0 Å². The van der Waals surface area contributed by atoms with Crippen molar-refractivity contribution in [1.82, 2.24) is 0 Å². The van der Waals surface area contributed by atoms with Gasteiger partial charge in [0.1, 0.15) is 11.6 Å². The number of ketones is 2. The molecular formula is C14H22O2. The lowest BCUT2D eigenvalue weighted by molar-refractivity contribution is -0.120. The highest BCUT2D eigenvalue weighted by Gasteiger charge is 2.04. The number of hydrogen-bond acceptors (Lipinski definition) is 2. The Morgan fingerprint density at radius 3 is 1.38 bits per heavy atom. The maximum atomic E-state index is 11.3. The topological polar surface area (TPSA) is 34.1 Å². The highest BCUT2D eigenvalue weighted by molar-refractivity contribution is 5.81. The standard InChI is InChI=1S/C14H22O2/c1-11(2)9-13(15)7-5-6-8-14(16)10-12(3)4/h1,3,5-10H2,2,4H3. The van der Waals surface area contributed by atoms with E-state index in [1.165, 1.54) is 0 Å². The summed E-state index contributed by atoms with van der Waals surface area (Å²) < 4.78 is 0. The molecule has 0 saturated carbocycles. The molecule has 0 unspecified atom stereocenters. The van der Waals surface area contributed by atoms with Crippen LogP contribution in [0.4, 0.5) is 0 Å². The molecule has 0 bridgehead atoms. The number of carbonyl (C=O) groups is 2. The smallest absolute Gasteiger partial charge is 0.136 e. The molecule has 2 heteroatoms. The second-order valence-corrected chi connectivity index (χ2v) is 4.55. The first-order valence-electron chi connectivity index (χ1n) is 5.74. The first kappa shape index (κ1) is 14.8. The third-order valence-electron chi connectivity index (χ3n) is 2.16. The second-order valence-electron chi connectivity index (χ2n) is 4.55. The fourth-order valence-electron chi connectivity index (χ4n) is 1.49. The van der Waals surface area contributed by atoms with E-state index in [0.717, 1.165) is 24.0 Å². The number of Topliss-reactive ketones (excluding diaryl/α,β-unsaturated/α-hetero) is 2. The minimum Gasteiger partial charge on any atom is -0.299 e. The summed E-state index contributed by atoms with van der Waals surface area (Å²) in [5.41, 5.74) is 1.81. The Morgan fingerprint density at radius 2 is 1.12 bits per heavy atom. The van der Waals surface area contributed by atoms with Gasteiger partial charge in [-0.1, -0.05) is 24.3 Å². The first-order valence-corrected chi connectivity index (χ1v) is 5.74. The van der Waals surface area contributed by atoms with Gasteiger partial charge in [-0.15, -0.1) is 0 Å². The summed E-state index contributed by atoms with van der Waals surface area (Å²) in [5, 5.41) is 0. The molecule has 0 amide bonds. The van der Waals surface area contributed by atoms with Gasteiger partial charge in [-0.25, -0.2) is 0 Å². The number of hydrogen-bond donors (Lipinski definition) is 0. The number of allylic oxidation sites excluding steroid dienone is 2. The number of rotatable bonds is 9. The Kier molecular flexibility index (Phi) is 7.44. The third kappa shape index (κ3) is 9.38. The first-order chi connectivity index (χ1) is 7.41. The Hall–Kier alpha value is -1.18. The lowest BCUT2D eigenvalue weighted by atomic mass is 10.0. The molecule has 0 aliphatic carbocycles. The zero-order valence-electron chi connectivity index (χ0n) is 10.5. The van der Waals surface area contributed by atoms with Crippen LogP contribution in [0.15, 0.2) is 24.3 Å². The average molecular weight is 222 g/mol. The fourth-order valence-corrected chi connectivity index (χ4v) is 1.49. The molecule has 0 heterocycles. The highest BCUT2D eigenvalue weighted by atomic mass is 16.1. The Bertz CT molecular complexity index is 257. The van der Waals surface area contributed by atoms with Crippen molar-refractivity contribution in [2.24, 2.45) is 0 Å². The fraction of sp³-hybridized carbons (Fsp3) is 0.571. The number of unbranched alkanes of at least 4 members (excludes halogenated alkanes) is 1. The monoisotopic (exact) mass is 222 g/mol. The SMILES string of the molecule is C=C(C)CC(=O)CCCCC(=O)CC(=C)C. The number of carbonyl (C=O) groups excluding carboxylic acids is 2. The molecule has 0 N–H and O–H groups in total. The van der Waals surface area contributed by atoms with Crippen LogP contribution >= 0.6 is 0 Å². The van der Waals surface area contributed by atoms with Gasteiger partial charge in [0.25, 0.3) is 0 Å². The van der Waals surface area contributed by atoms with Crippen molar-refractivity contribution in [3.05, 3.63) is 24.3 Å². The molecular weight excluding hydrogens is 200 g/mol. The summed E-state index contributed by atoms with van der Waals surface area (Å²) in [7, 11) is 0. The van der Waals surface area contributed by atoms with E-state index >= 15 is 0 Å². The van der Waals surface area contributed by atoms with E-state index in [-0.39, 0.29) is 11.6 Å². The molecule has 0 aromatic heterocycles. The Balaban J connectivity index is 3.53. The van der Waals surface area contributed by atoms with Crippen LogP contribution in [-0.4, -0.2) is 11.6 Å². The van der Waals surface area contributed by atoms with Crippen LogP contribution in [0.25, 0.3) is 0 Å². The van der Waals surface area contributed by atoms with Crippen LogP contribution in [0.1, 0.15) is 52.4 Å². The third-order valence-corrected chi connectivity index (χ3v) is 2.16. The molecule has 0 saturated heterocycles. The van der Waals surface area contributed by atoms with E-state index in [1.54, 1.807) is 0 Å². The van der Waals surface area contributed by atoms with Crippen LogP contribution in [0.5, 0.6) is 0 Å². The quantitative estimate of drug-likeness (QED) is 0.441. The Labute approximate surface area is 98.4 Å². The van der Waals surface area contributed by atoms with Gasteiger partial charge in [0.2, 0.25) is 0 Å². The van der Waals surface area contributed by atoms with Crippen LogP contribution < -0.4 is 0 Å². The van der Waals surface area contributed by atoms with Crippen LogP contribution in [0.3, 0.4) is 0 Å². The van der Waals surface area contributed by atoms with E-state index in [1.807, 2.05) is 13.8 Å². The van der Waals surface area contributed by atoms with Gasteiger partial charge in [0, 0.05) is 25.7 Å². The molecule has 90 valence electrons. The minimum atomic E-state index is 0.222. The van der Waals surface area contributed by atoms with Gasteiger partial charge >= 0.3 is 0 Å². The van der Waals surface area contributed by atoms with Crippen molar-refractivity contribution >= 4 is 11.6 Å². The maximum Gasteiger partial charge on any atom is 0.136 e. The molecule has 0 aromatic rings. The van der Waals surface area contributed by atoms with Gasteiger partial charge in [0.05, 0.1) is 0 Å². The molecule has 0 aromatic carbocycles. The summed E-state index contributed by atoms with van der Waals surface area (Å²) >= 11 is 0. The van der Waals surface area contributed by atoms with Gasteiger partial charge in [0.15, 0.2) is 0 Å². The predicted octanol–water partition coefficient (Wildman–Crippen LogP) is 3.62. The molecule has 0 radical (unpaired) electrons. The highest BCUT2D eigenvalue weighted by Crippen LogP contribution is 2.08. The van der Waals surface area contributed by atoms with Crippen LogP contribution in [0, 0.1) is 0 Å². The summed E-state index contributed by atoms with van der Waals surface area (Å²) in [4.78, 5) is 22.6. The van der Waals surface area contributed by atoms with E-state index in [4.69, 9.17) is 0 Å². The van der Waals surface area contributed by atoms with Crippen molar-refractivity contribution in [3.8, 4) is 0 Å². The van der Waals surface area contributed by atoms with Crippen LogP contribution in [-0.2, 0) is 9.59 Å². The predicted molar refractivity (Wildman–Crippen MR) is 67.3 cm³/mol. The molecule has 0 fully saturated rings. The van der Waals surface area contributed by atoms with Crippen molar-refractivity contribution in [1.29, 1.82) is 0 Å². The van der Waals surface area contributed by atoms with Crippen molar-refractivity contribution in [2.75, 3.05) is 0 Å². The zero-order chi connectivity index (χ0) is 12.6. The lowest BCUT2D eigenvalue weighted by Gasteiger charge is -2.01. The van der Waals surface area contributed by atoms with Crippen LogP contribution in [0.2, 0.25) is 0 Å². The van der Waals surface area contributed by atoms with Gasteiger partial charge in [-0.2, -0.15) is 0 Å². The van der Waals surface area contributed by atoms with E-state index in [2.05, 4.69) is 13.2 Å². The van der Waals surface area contributed by atoms with Gasteiger partial charge in [-0.05, 0) is 26.7 Å². The molecule has 0 aliphatic heterocycles. The van der Waals surface area contributed by atoms with Crippen molar-refractivity contribution < 1.29 is 9.59 Å². The van der Waals surface area contributed by atoms with Gasteiger partial charge < -0.3 is 0 Å². The summed E-state index contributed by atoms with van der Waals surface area (Å²) in [6.45, 7) is 11.1. The largest absolute Gasteiger partial charge is 0.299 e. The maximum absolute atomic E-state index is 11.3. The molecule has 2 nitrogen and oxygen atoms in total. The summed E-state index contributed by atoms with van der Waals surface area (Å²) in [6.07, 6.45) is 3.67. The molecule has 0 aliphatic rings. The average Bonchev–Trinajstić information content (AvgIpc) is 2.10. The second kappa shape index (κ2) is 8.03. The zero-order valence-corrected chi connectivity index (χ0v) is 10.5. The summed E-state index contributed by atoms with van der Waals surface area (Å²) in [5.74, 6) is 0.444. The normalized spacial score (nSPS) is 9.88. The van der Waals surface area contributed by atoms with E-state index in [0.29, 0.717) is 25.7 Å². The van der Waals surface area contributed by atoms with E-state index in [9.17, 15) is 9.59 Å².